The summed E-state index contributed by atoms with van der Waals surface area (Å²) in [5.41, 5.74) is 2.63. The summed E-state index contributed by atoms with van der Waals surface area (Å²) in [7, 11) is 1.58. The maximum absolute atomic E-state index is 13.0. The number of esters is 1. The van der Waals surface area contributed by atoms with Crippen molar-refractivity contribution in [1.82, 2.24) is 14.2 Å². The van der Waals surface area contributed by atoms with Crippen LogP contribution in [-0.4, -0.2) is 39.7 Å². The molecule has 1 unspecified atom stereocenters. The monoisotopic (exact) mass is 611 g/mol. The Morgan fingerprint density at radius 1 is 0.867 bits per heavy atom. The number of ether oxygens (including phenoxy) is 2. The fourth-order valence-corrected chi connectivity index (χ4v) is 5.82. The summed E-state index contributed by atoms with van der Waals surface area (Å²) in [6.45, 7) is 2.66. The van der Waals surface area contributed by atoms with E-state index in [1.165, 1.54) is 76.3 Å². The average molecular weight is 612 g/mol. The Morgan fingerprint density at radius 2 is 1.53 bits per heavy atom. The Balaban J connectivity index is 1.18. The molecule has 1 aliphatic heterocycles. The number of amidine groups is 1. The number of anilines is 1. The van der Waals surface area contributed by atoms with E-state index < -0.39 is 6.04 Å². The maximum atomic E-state index is 13.0. The van der Waals surface area contributed by atoms with Crippen molar-refractivity contribution in [1.29, 1.82) is 0 Å². The van der Waals surface area contributed by atoms with Crippen LogP contribution in [0.25, 0.3) is 11.0 Å². The predicted octanol–water partition coefficient (Wildman–Crippen LogP) is 7.94. The number of aromatic nitrogens is 3. The molecule has 5 rings (SSSR count). The second-order valence-corrected chi connectivity index (χ2v) is 11.7. The summed E-state index contributed by atoms with van der Waals surface area (Å²) < 4.78 is 14.9. The molecule has 2 aromatic heterocycles. The van der Waals surface area contributed by atoms with Gasteiger partial charge < -0.3 is 19.4 Å². The summed E-state index contributed by atoms with van der Waals surface area (Å²) in [5, 5.41) is 8.26. The van der Waals surface area contributed by atoms with E-state index in [0.29, 0.717) is 35.3 Å². The zero-order valence-electron chi connectivity index (χ0n) is 26.5. The Labute approximate surface area is 265 Å². The number of fused-ring (bicyclic) bond motifs is 3. The van der Waals surface area contributed by atoms with Crippen LogP contribution in [0.4, 0.5) is 5.69 Å². The van der Waals surface area contributed by atoms with E-state index in [1.54, 1.807) is 42.4 Å². The Morgan fingerprint density at radius 3 is 2.22 bits per heavy atom. The van der Waals surface area contributed by atoms with Gasteiger partial charge in [-0.1, -0.05) is 89.7 Å². The van der Waals surface area contributed by atoms with E-state index in [0.717, 1.165) is 23.9 Å². The molecule has 1 N–H and O–H groups in total. The standard InChI is InChI=1S/C36H45N5O4/c1-3-4-5-6-7-8-9-10-11-12-13-16-25-45-36(43)27-19-20-32(44-2)30(26-27)37-34-33(40-23-21-28(42)22-24-40)35-38-29-17-14-15-18-31(29)41(35)39-34/h14-15,17-24,26,33H,3-13,16,25H2,1-2H3,(H,37,39). The highest BCUT2D eigenvalue weighted by atomic mass is 16.5. The molecule has 4 aromatic rings. The van der Waals surface area contributed by atoms with E-state index in [9.17, 15) is 9.59 Å². The molecule has 9 heteroatoms. The van der Waals surface area contributed by atoms with Crippen molar-refractivity contribution in [2.24, 2.45) is 5.10 Å². The van der Waals surface area contributed by atoms with Gasteiger partial charge in [-0.25, -0.2) is 14.5 Å². The van der Waals surface area contributed by atoms with Gasteiger partial charge in [0.15, 0.2) is 23.1 Å². The van der Waals surface area contributed by atoms with Crippen LogP contribution in [0.15, 0.2) is 76.9 Å². The minimum atomic E-state index is -0.427. The number of nitrogens with one attached hydrogen (secondary N) is 1. The molecule has 45 heavy (non-hydrogen) atoms. The van der Waals surface area contributed by atoms with Gasteiger partial charge >= 0.3 is 5.97 Å². The summed E-state index contributed by atoms with van der Waals surface area (Å²) in [5.74, 6) is 1.47. The first-order valence-corrected chi connectivity index (χ1v) is 16.4. The van der Waals surface area contributed by atoms with E-state index in [4.69, 9.17) is 19.6 Å². The zero-order valence-corrected chi connectivity index (χ0v) is 26.5. The van der Waals surface area contributed by atoms with Gasteiger partial charge in [0.2, 0.25) is 0 Å². The van der Waals surface area contributed by atoms with Crippen molar-refractivity contribution < 1.29 is 14.3 Å². The van der Waals surface area contributed by atoms with Gasteiger partial charge in [-0.15, -0.1) is 0 Å². The normalized spacial score (nSPS) is 13.9. The minimum Gasteiger partial charge on any atom is -0.495 e. The molecule has 0 spiro atoms. The summed E-state index contributed by atoms with van der Waals surface area (Å²) in [6.07, 6.45) is 18.5. The van der Waals surface area contributed by atoms with Crippen molar-refractivity contribution in [3.63, 3.8) is 0 Å². The van der Waals surface area contributed by atoms with Crippen molar-refractivity contribution >= 4 is 28.5 Å². The maximum Gasteiger partial charge on any atom is 0.338 e. The molecule has 3 heterocycles. The largest absolute Gasteiger partial charge is 0.495 e. The third kappa shape index (κ3) is 8.21. The van der Waals surface area contributed by atoms with Gasteiger partial charge in [0.25, 0.3) is 0 Å². The highest BCUT2D eigenvalue weighted by Crippen LogP contribution is 2.33. The fourth-order valence-electron chi connectivity index (χ4n) is 5.82. The molecule has 0 bridgehead atoms. The lowest BCUT2D eigenvalue weighted by atomic mass is 10.1. The lowest BCUT2D eigenvalue weighted by Gasteiger charge is -2.19. The minimum absolute atomic E-state index is 0.0828. The first-order chi connectivity index (χ1) is 22.1. The number of nitrogens with zero attached hydrogens (tertiary/aromatic N) is 4. The number of pyridine rings is 1. The van der Waals surface area contributed by atoms with Crippen LogP contribution in [0, 0.1) is 0 Å². The van der Waals surface area contributed by atoms with Crippen molar-refractivity contribution in [3.8, 4) is 5.75 Å². The number of hydrogen-bond acceptors (Lipinski definition) is 7. The van der Waals surface area contributed by atoms with Crippen molar-refractivity contribution in [2.45, 2.75) is 90.0 Å². The molecule has 0 aliphatic carbocycles. The van der Waals surface area contributed by atoms with E-state index in [1.807, 2.05) is 28.8 Å². The van der Waals surface area contributed by atoms with Gasteiger partial charge in [-0.05, 0) is 36.8 Å². The van der Waals surface area contributed by atoms with Gasteiger partial charge in [-0.3, -0.25) is 4.79 Å². The summed E-state index contributed by atoms with van der Waals surface area (Å²) in [4.78, 5) is 29.7. The second kappa shape index (κ2) is 16.1. The predicted molar refractivity (Wildman–Crippen MR) is 179 cm³/mol. The molecule has 0 saturated heterocycles. The van der Waals surface area contributed by atoms with Crippen LogP contribution in [0.2, 0.25) is 0 Å². The number of rotatable bonds is 17. The Bertz CT molecular complexity index is 1640. The van der Waals surface area contributed by atoms with Gasteiger partial charge in [0, 0.05) is 24.5 Å². The molecular formula is C36H45N5O4. The number of unbranched alkanes of at least 4 members (excludes halogenated alkanes) is 11. The molecule has 2 aromatic carbocycles. The SMILES string of the molecule is CCCCCCCCCCCCCCOC(=O)c1ccc(OC)c(NC2=Nn3c(nc4ccccc43)C2n2ccc(=O)cc2)c1. The van der Waals surface area contributed by atoms with Gasteiger partial charge in [0.05, 0.1) is 36.0 Å². The van der Waals surface area contributed by atoms with Crippen LogP contribution in [-0.2, 0) is 4.74 Å². The summed E-state index contributed by atoms with van der Waals surface area (Å²) in [6, 6.07) is 15.6. The molecule has 9 nitrogen and oxygen atoms in total. The van der Waals surface area contributed by atoms with Crippen LogP contribution in [0.1, 0.15) is 106 Å². The van der Waals surface area contributed by atoms with E-state index >= 15 is 0 Å². The van der Waals surface area contributed by atoms with Crippen LogP contribution < -0.4 is 15.5 Å². The molecule has 0 saturated carbocycles. The number of benzene rings is 2. The lowest BCUT2D eigenvalue weighted by molar-refractivity contribution is 0.0497. The molecule has 1 aliphatic rings. The average Bonchev–Trinajstić information content (AvgIpc) is 3.59. The fraction of sp³-hybridized carbons (Fsp3) is 0.444. The number of imidazole rings is 1. The second-order valence-electron chi connectivity index (χ2n) is 11.7. The number of carbonyl (C=O) groups is 1. The smallest absolute Gasteiger partial charge is 0.338 e. The van der Waals surface area contributed by atoms with Gasteiger partial charge in [-0.2, -0.15) is 5.10 Å². The van der Waals surface area contributed by atoms with E-state index in [2.05, 4.69) is 12.2 Å². The zero-order chi connectivity index (χ0) is 31.4. The number of para-hydroxylation sites is 2. The van der Waals surface area contributed by atoms with Crippen molar-refractivity contribution in [3.05, 3.63) is 88.6 Å². The quantitative estimate of drug-likeness (QED) is 0.0961. The molecule has 0 fully saturated rings. The molecule has 238 valence electrons. The Hall–Kier alpha value is -4.40. The van der Waals surface area contributed by atoms with Crippen LogP contribution in [0.5, 0.6) is 5.75 Å². The van der Waals surface area contributed by atoms with E-state index in [-0.39, 0.29) is 11.4 Å². The summed E-state index contributed by atoms with van der Waals surface area (Å²) >= 11 is 0. The lowest BCUT2D eigenvalue weighted by Crippen LogP contribution is -2.25. The molecular weight excluding hydrogens is 566 g/mol. The number of carbonyl (C=O) groups excluding carboxylic acids is 1. The van der Waals surface area contributed by atoms with Crippen molar-refractivity contribution in [2.75, 3.05) is 19.0 Å². The highest BCUT2D eigenvalue weighted by Gasteiger charge is 2.33. The van der Waals surface area contributed by atoms with Crippen LogP contribution >= 0.6 is 0 Å². The highest BCUT2D eigenvalue weighted by molar-refractivity contribution is 6.04. The number of methoxy groups -OCH3 is 1. The molecule has 0 amide bonds. The molecule has 0 radical (unpaired) electrons. The first kappa shape index (κ1) is 32.0. The first-order valence-electron chi connectivity index (χ1n) is 16.4. The van der Waals surface area contributed by atoms with Crippen LogP contribution in [0.3, 0.4) is 0 Å². The number of hydrogen-bond donors (Lipinski definition) is 1. The van der Waals surface area contributed by atoms with Gasteiger partial charge in [0.1, 0.15) is 5.75 Å². The third-order valence-electron chi connectivity index (χ3n) is 8.32. The Kier molecular flexibility index (Phi) is 11.4. The molecule has 1 atom stereocenters. The third-order valence-corrected chi connectivity index (χ3v) is 8.32. The topological polar surface area (TPSA) is 99.7 Å².